The first-order valence-electron chi connectivity index (χ1n) is 6.81. The highest BCUT2D eigenvalue weighted by Crippen LogP contribution is 2.31. The minimum Gasteiger partial charge on any atom is -0.384 e. The molecule has 2 aromatic carbocycles. The van der Waals surface area contributed by atoms with Gasteiger partial charge in [0.05, 0.1) is 0 Å². The number of halogens is 2. The van der Waals surface area contributed by atoms with Crippen LogP contribution in [-0.2, 0) is 12.8 Å². The van der Waals surface area contributed by atoms with Crippen molar-refractivity contribution in [1.82, 2.24) is 0 Å². The van der Waals surface area contributed by atoms with E-state index in [0.29, 0.717) is 15.6 Å². The van der Waals surface area contributed by atoms with Crippen LogP contribution in [0.15, 0.2) is 36.4 Å². The van der Waals surface area contributed by atoms with Crippen LogP contribution in [0.4, 0.5) is 0 Å². The van der Waals surface area contributed by atoms with E-state index in [2.05, 4.69) is 26.0 Å². The molecule has 1 atom stereocenters. The van der Waals surface area contributed by atoms with Gasteiger partial charge < -0.3 is 5.11 Å². The van der Waals surface area contributed by atoms with Gasteiger partial charge in [-0.05, 0) is 47.7 Å². The van der Waals surface area contributed by atoms with E-state index in [0.717, 1.165) is 18.4 Å². The molecule has 1 nitrogen and oxygen atoms in total. The van der Waals surface area contributed by atoms with Crippen molar-refractivity contribution >= 4 is 23.2 Å². The lowest BCUT2D eigenvalue weighted by Crippen LogP contribution is -2.03. The molecule has 0 aliphatic rings. The van der Waals surface area contributed by atoms with Gasteiger partial charge in [0.15, 0.2) is 0 Å². The van der Waals surface area contributed by atoms with Gasteiger partial charge in [-0.3, -0.25) is 0 Å². The average molecular weight is 309 g/mol. The van der Waals surface area contributed by atoms with E-state index in [9.17, 15) is 5.11 Å². The molecule has 0 aromatic heterocycles. The maximum atomic E-state index is 10.5. The van der Waals surface area contributed by atoms with E-state index in [4.69, 9.17) is 23.2 Å². The standard InChI is InChI=1S/C17H18Cl2O/c1-3-11-5-6-13(9-12(11)4-2)17(20)15-10-14(18)7-8-16(15)19/h5-10,17,20H,3-4H2,1-2H3. The zero-order valence-corrected chi connectivity index (χ0v) is 13.2. The Kier molecular flexibility index (Phi) is 5.09. The second-order valence-corrected chi connectivity index (χ2v) is 5.65. The third-order valence-electron chi connectivity index (χ3n) is 3.56. The molecule has 1 unspecified atom stereocenters. The van der Waals surface area contributed by atoms with Crippen molar-refractivity contribution < 1.29 is 5.11 Å². The molecular weight excluding hydrogens is 291 g/mol. The molecule has 1 N–H and O–H groups in total. The topological polar surface area (TPSA) is 20.2 Å². The summed E-state index contributed by atoms with van der Waals surface area (Å²) in [6.07, 6.45) is 1.20. The molecule has 0 bridgehead atoms. The first-order chi connectivity index (χ1) is 9.56. The minimum absolute atomic E-state index is 0.527. The van der Waals surface area contributed by atoms with Gasteiger partial charge in [-0.1, -0.05) is 55.2 Å². The van der Waals surface area contributed by atoms with E-state index in [-0.39, 0.29) is 0 Å². The number of aliphatic hydroxyl groups is 1. The van der Waals surface area contributed by atoms with E-state index in [1.165, 1.54) is 11.1 Å². The van der Waals surface area contributed by atoms with Crippen molar-refractivity contribution in [2.45, 2.75) is 32.8 Å². The zero-order valence-electron chi connectivity index (χ0n) is 11.7. The summed E-state index contributed by atoms with van der Waals surface area (Å²) in [5.74, 6) is 0. The van der Waals surface area contributed by atoms with Gasteiger partial charge in [0.25, 0.3) is 0 Å². The Hall–Kier alpha value is -1.02. The Morgan fingerprint density at radius 1 is 0.950 bits per heavy atom. The highest BCUT2D eigenvalue weighted by Gasteiger charge is 2.15. The molecule has 2 rings (SSSR count). The molecule has 2 aromatic rings. The highest BCUT2D eigenvalue weighted by molar-refractivity contribution is 6.33. The van der Waals surface area contributed by atoms with Crippen molar-refractivity contribution in [3.63, 3.8) is 0 Å². The molecule has 0 amide bonds. The van der Waals surface area contributed by atoms with Crippen LogP contribution in [0.1, 0.15) is 42.2 Å². The fourth-order valence-corrected chi connectivity index (χ4v) is 2.80. The predicted molar refractivity (Wildman–Crippen MR) is 85.7 cm³/mol. The predicted octanol–water partition coefficient (Wildman–Crippen LogP) is 5.20. The summed E-state index contributed by atoms with van der Waals surface area (Å²) in [5, 5.41) is 11.6. The van der Waals surface area contributed by atoms with Crippen LogP contribution in [-0.4, -0.2) is 5.11 Å². The maximum Gasteiger partial charge on any atom is 0.106 e. The van der Waals surface area contributed by atoms with Crippen LogP contribution < -0.4 is 0 Å². The van der Waals surface area contributed by atoms with Crippen LogP contribution in [0.3, 0.4) is 0 Å². The van der Waals surface area contributed by atoms with Crippen LogP contribution >= 0.6 is 23.2 Å². The lowest BCUT2D eigenvalue weighted by Gasteiger charge is -2.16. The largest absolute Gasteiger partial charge is 0.384 e. The number of benzene rings is 2. The molecular formula is C17H18Cl2O. The summed E-state index contributed by atoms with van der Waals surface area (Å²) in [6.45, 7) is 4.26. The summed E-state index contributed by atoms with van der Waals surface area (Å²) >= 11 is 12.1. The molecule has 0 fully saturated rings. The second-order valence-electron chi connectivity index (χ2n) is 4.80. The number of rotatable bonds is 4. The normalized spacial score (nSPS) is 12.4. The third kappa shape index (κ3) is 3.17. The Morgan fingerprint density at radius 2 is 1.65 bits per heavy atom. The molecule has 0 aliphatic carbocycles. The molecule has 0 spiro atoms. The van der Waals surface area contributed by atoms with Gasteiger partial charge in [0, 0.05) is 15.6 Å². The Morgan fingerprint density at radius 3 is 2.30 bits per heavy atom. The van der Waals surface area contributed by atoms with Gasteiger partial charge in [-0.15, -0.1) is 0 Å². The Bertz CT molecular complexity index is 608. The molecule has 0 aliphatic heterocycles. The summed E-state index contributed by atoms with van der Waals surface area (Å²) in [5.41, 5.74) is 4.08. The van der Waals surface area contributed by atoms with Crippen LogP contribution in [0, 0.1) is 0 Å². The summed E-state index contributed by atoms with van der Waals surface area (Å²) in [4.78, 5) is 0. The Balaban J connectivity index is 2.42. The number of hydrogen-bond donors (Lipinski definition) is 1. The van der Waals surface area contributed by atoms with Gasteiger partial charge in [-0.2, -0.15) is 0 Å². The van der Waals surface area contributed by atoms with Crippen molar-refractivity contribution in [2.24, 2.45) is 0 Å². The molecule has 20 heavy (non-hydrogen) atoms. The van der Waals surface area contributed by atoms with Gasteiger partial charge >= 0.3 is 0 Å². The SMILES string of the molecule is CCc1ccc(C(O)c2cc(Cl)ccc2Cl)cc1CC. The fourth-order valence-electron chi connectivity index (χ4n) is 2.39. The first-order valence-corrected chi connectivity index (χ1v) is 7.57. The van der Waals surface area contributed by atoms with Gasteiger partial charge in [0.1, 0.15) is 6.10 Å². The number of hydrogen-bond acceptors (Lipinski definition) is 1. The van der Waals surface area contributed by atoms with E-state index in [1.54, 1.807) is 18.2 Å². The maximum absolute atomic E-state index is 10.5. The fraction of sp³-hybridized carbons (Fsp3) is 0.294. The van der Waals surface area contributed by atoms with Gasteiger partial charge in [0.2, 0.25) is 0 Å². The smallest absolute Gasteiger partial charge is 0.106 e. The van der Waals surface area contributed by atoms with E-state index in [1.807, 2.05) is 6.07 Å². The summed E-state index contributed by atoms with van der Waals surface area (Å²) < 4.78 is 0. The lowest BCUT2D eigenvalue weighted by molar-refractivity contribution is 0.220. The third-order valence-corrected chi connectivity index (χ3v) is 4.14. The second kappa shape index (κ2) is 6.62. The van der Waals surface area contributed by atoms with E-state index < -0.39 is 6.10 Å². The van der Waals surface area contributed by atoms with Crippen molar-refractivity contribution in [3.05, 3.63) is 68.7 Å². The quantitative estimate of drug-likeness (QED) is 0.823. The van der Waals surface area contributed by atoms with Crippen molar-refractivity contribution in [3.8, 4) is 0 Å². The molecule has 3 heteroatoms. The lowest BCUT2D eigenvalue weighted by atomic mass is 9.95. The number of aliphatic hydroxyl groups excluding tert-OH is 1. The first kappa shape index (κ1) is 15.4. The molecule has 0 heterocycles. The van der Waals surface area contributed by atoms with E-state index >= 15 is 0 Å². The zero-order chi connectivity index (χ0) is 14.7. The summed E-state index contributed by atoms with van der Waals surface area (Å²) in [6, 6.07) is 11.2. The van der Waals surface area contributed by atoms with Crippen molar-refractivity contribution in [1.29, 1.82) is 0 Å². The molecule has 0 saturated carbocycles. The average Bonchev–Trinajstić information content (AvgIpc) is 2.48. The minimum atomic E-state index is -0.752. The van der Waals surface area contributed by atoms with Crippen LogP contribution in [0.2, 0.25) is 10.0 Å². The van der Waals surface area contributed by atoms with Gasteiger partial charge in [-0.25, -0.2) is 0 Å². The monoisotopic (exact) mass is 308 g/mol. The van der Waals surface area contributed by atoms with Crippen LogP contribution in [0.25, 0.3) is 0 Å². The summed E-state index contributed by atoms with van der Waals surface area (Å²) in [7, 11) is 0. The molecule has 0 saturated heterocycles. The highest BCUT2D eigenvalue weighted by atomic mass is 35.5. The Labute approximate surface area is 130 Å². The number of aryl methyl sites for hydroxylation is 2. The molecule has 0 radical (unpaired) electrons. The van der Waals surface area contributed by atoms with Crippen molar-refractivity contribution in [2.75, 3.05) is 0 Å². The molecule has 106 valence electrons. The van der Waals surface area contributed by atoms with Crippen LogP contribution in [0.5, 0.6) is 0 Å².